The van der Waals surface area contributed by atoms with Gasteiger partial charge in [0.2, 0.25) is 5.76 Å². The van der Waals surface area contributed by atoms with E-state index in [1.807, 2.05) is 6.92 Å². The van der Waals surface area contributed by atoms with E-state index in [1.165, 1.54) is 6.26 Å². The molecule has 0 aliphatic heterocycles. The van der Waals surface area contributed by atoms with Gasteiger partial charge in [-0.05, 0) is 18.6 Å². The molecule has 0 atom stereocenters. The second-order valence-electron chi connectivity index (χ2n) is 3.33. The largest absolute Gasteiger partial charge is 0.475 e. The highest BCUT2D eigenvalue weighted by atomic mass is 16.4. The van der Waals surface area contributed by atoms with Crippen LogP contribution >= 0.6 is 0 Å². The molecule has 16 heavy (non-hydrogen) atoms. The zero-order valence-corrected chi connectivity index (χ0v) is 8.77. The summed E-state index contributed by atoms with van der Waals surface area (Å²) in [5, 5.41) is 8.94. The Balaban J connectivity index is 2.42. The van der Waals surface area contributed by atoms with E-state index in [-0.39, 0.29) is 11.7 Å². The Kier molecular flexibility index (Phi) is 2.76. The number of aromatic carboxylic acids is 1. The molecule has 1 N–H and O–H groups in total. The first-order valence-electron chi connectivity index (χ1n) is 4.99. The zero-order valence-electron chi connectivity index (χ0n) is 8.77. The fraction of sp³-hybridized carbons (Fsp3) is 0.273. The average molecular weight is 221 g/mol. The molecule has 0 aliphatic rings. The van der Waals surface area contributed by atoms with Gasteiger partial charge in [-0.2, -0.15) is 0 Å². The molecule has 2 rings (SSSR count). The van der Waals surface area contributed by atoms with Crippen LogP contribution in [0.3, 0.4) is 0 Å². The second kappa shape index (κ2) is 4.22. The Labute approximate surface area is 91.7 Å². The van der Waals surface area contributed by atoms with E-state index < -0.39 is 5.97 Å². The molecular weight excluding hydrogens is 210 g/mol. The molecule has 0 saturated heterocycles. The Morgan fingerprint density at radius 1 is 1.56 bits per heavy atom. The topological polar surface area (TPSA) is 76.5 Å². The molecule has 0 saturated carbocycles. The van der Waals surface area contributed by atoms with E-state index >= 15 is 0 Å². The maximum absolute atomic E-state index is 10.9. The van der Waals surface area contributed by atoms with Gasteiger partial charge >= 0.3 is 5.97 Å². The van der Waals surface area contributed by atoms with Crippen LogP contribution in [0.15, 0.2) is 27.2 Å². The van der Waals surface area contributed by atoms with E-state index in [9.17, 15) is 4.79 Å². The first kappa shape index (κ1) is 10.5. The summed E-state index contributed by atoms with van der Waals surface area (Å²) in [4.78, 5) is 15.0. The molecule has 0 spiro atoms. The third kappa shape index (κ3) is 1.84. The zero-order chi connectivity index (χ0) is 11.5. The number of rotatable bonds is 4. The molecule has 2 aromatic rings. The van der Waals surface area contributed by atoms with Gasteiger partial charge in [0.1, 0.15) is 0 Å². The Hall–Kier alpha value is -2.04. The lowest BCUT2D eigenvalue weighted by Gasteiger charge is -1.91. The molecule has 2 aromatic heterocycles. The van der Waals surface area contributed by atoms with Crippen LogP contribution in [0.5, 0.6) is 0 Å². The van der Waals surface area contributed by atoms with Crippen molar-refractivity contribution >= 4 is 5.97 Å². The number of aryl methyl sites for hydroxylation is 1. The van der Waals surface area contributed by atoms with Crippen LogP contribution in [0, 0.1) is 0 Å². The van der Waals surface area contributed by atoms with Crippen molar-refractivity contribution in [3.63, 3.8) is 0 Å². The van der Waals surface area contributed by atoms with Gasteiger partial charge in [-0.3, -0.25) is 0 Å². The smallest absolute Gasteiger partial charge is 0.373 e. The second-order valence-corrected chi connectivity index (χ2v) is 3.33. The minimum Gasteiger partial charge on any atom is -0.475 e. The Bertz CT molecular complexity index is 484. The van der Waals surface area contributed by atoms with Gasteiger partial charge in [0.15, 0.2) is 5.76 Å². The molecule has 0 unspecified atom stereocenters. The lowest BCUT2D eigenvalue weighted by molar-refractivity contribution is 0.0661. The highest BCUT2D eigenvalue weighted by molar-refractivity contribution is 5.86. The van der Waals surface area contributed by atoms with Gasteiger partial charge < -0.3 is 13.9 Å². The van der Waals surface area contributed by atoms with Crippen molar-refractivity contribution in [3.8, 4) is 11.7 Å². The van der Waals surface area contributed by atoms with E-state index in [2.05, 4.69) is 4.98 Å². The van der Waals surface area contributed by atoms with E-state index in [1.54, 1.807) is 12.1 Å². The molecule has 0 aromatic carbocycles. The molecule has 0 radical (unpaired) electrons. The van der Waals surface area contributed by atoms with Crippen molar-refractivity contribution < 1.29 is 18.7 Å². The van der Waals surface area contributed by atoms with Crippen molar-refractivity contribution in [2.75, 3.05) is 0 Å². The SMILES string of the molecule is CCCc1nc(-c2ccco2)oc1C(=O)O. The number of nitrogens with zero attached hydrogens (tertiary/aromatic N) is 1. The first-order valence-corrected chi connectivity index (χ1v) is 4.99. The Morgan fingerprint density at radius 2 is 2.38 bits per heavy atom. The van der Waals surface area contributed by atoms with Crippen LogP contribution in [0.1, 0.15) is 29.6 Å². The summed E-state index contributed by atoms with van der Waals surface area (Å²) in [5.74, 6) is -0.558. The van der Waals surface area contributed by atoms with Gasteiger partial charge in [0.25, 0.3) is 5.89 Å². The van der Waals surface area contributed by atoms with Crippen LogP contribution in [-0.2, 0) is 6.42 Å². The summed E-state index contributed by atoms with van der Waals surface area (Å²) in [7, 11) is 0. The van der Waals surface area contributed by atoms with Crippen molar-refractivity contribution in [3.05, 3.63) is 29.9 Å². The van der Waals surface area contributed by atoms with Gasteiger partial charge in [-0.1, -0.05) is 13.3 Å². The summed E-state index contributed by atoms with van der Waals surface area (Å²) in [6.07, 6.45) is 2.87. The van der Waals surface area contributed by atoms with Crippen molar-refractivity contribution in [1.82, 2.24) is 4.98 Å². The van der Waals surface area contributed by atoms with E-state index in [0.29, 0.717) is 17.9 Å². The van der Waals surface area contributed by atoms with Gasteiger partial charge in [-0.25, -0.2) is 9.78 Å². The molecule has 0 fully saturated rings. The number of carboxylic acids is 1. The van der Waals surface area contributed by atoms with Crippen LogP contribution in [0.4, 0.5) is 0 Å². The van der Waals surface area contributed by atoms with Crippen LogP contribution in [0.25, 0.3) is 11.7 Å². The van der Waals surface area contributed by atoms with Crippen LogP contribution in [0.2, 0.25) is 0 Å². The molecule has 0 bridgehead atoms. The summed E-state index contributed by atoms with van der Waals surface area (Å²) in [6.45, 7) is 1.95. The number of aromatic nitrogens is 1. The van der Waals surface area contributed by atoms with Gasteiger partial charge in [0.05, 0.1) is 12.0 Å². The number of hydrogen-bond acceptors (Lipinski definition) is 4. The predicted octanol–water partition coefficient (Wildman–Crippen LogP) is 2.59. The van der Waals surface area contributed by atoms with E-state index in [0.717, 1.165) is 6.42 Å². The molecule has 0 aliphatic carbocycles. The van der Waals surface area contributed by atoms with Crippen LogP contribution < -0.4 is 0 Å². The molecular formula is C11H11NO4. The van der Waals surface area contributed by atoms with Crippen molar-refractivity contribution in [2.45, 2.75) is 19.8 Å². The summed E-state index contributed by atoms with van der Waals surface area (Å²) < 4.78 is 10.3. The van der Waals surface area contributed by atoms with Crippen LogP contribution in [-0.4, -0.2) is 16.1 Å². The lowest BCUT2D eigenvalue weighted by Crippen LogP contribution is -1.99. The van der Waals surface area contributed by atoms with Crippen molar-refractivity contribution in [2.24, 2.45) is 0 Å². The lowest BCUT2D eigenvalue weighted by atomic mass is 10.2. The third-order valence-corrected chi connectivity index (χ3v) is 2.11. The summed E-state index contributed by atoms with van der Waals surface area (Å²) >= 11 is 0. The maximum Gasteiger partial charge on any atom is 0.373 e. The minimum absolute atomic E-state index is 0.103. The summed E-state index contributed by atoms with van der Waals surface area (Å²) in [6, 6.07) is 3.37. The fourth-order valence-corrected chi connectivity index (χ4v) is 1.43. The highest BCUT2D eigenvalue weighted by Crippen LogP contribution is 2.23. The number of oxazole rings is 1. The number of carboxylic acid groups (broad SMARTS) is 1. The molecule has 5 heteroatoms. The molecule has 2 heterocycles. The third-order valence-electron chi connectivity index (χ3n) is 2.11. The molecule has 5 nitrogen and oxygen atoms in total. The Morgan fingerprint density at radius 3 is 2.94 bits per heavy atom. The van der Waals surface area contributed by atoms with Crippen molar-refractivity contribution in [1.29, 1.82) is 0 Å². The molecule has 84 valence electrons. The van der Waals surface area contributed by atoms with E-state index in [4.69, 9.17) is 13.9 Å². The number of furan rings is 1. The molecule has 0 amide bonds. The first-order chi connectivity index (χ1) is 7.72. The maximum atomic E-state index is 10.9. The van der Waals surface area contributed by atoms with Gasteiger partial charge in [-0.15, -0.1) is 0 Å². The number of carbonyl (C=O) groups is 1. The summed E-state index contributed by atoms with van der Waals surface area (Å²) in [5.41, 5.74) is 0.460. The quantitative estimate of drug-likeness (QED) is 0.858. The standard InChI is InChI=1S/C11H11NO4/c1-2-4-7-9(11(13)14)16-10(12-7)8-5-3-6-15-8/h3,5-6H,2,4H2,1H3,(H,13,14). The highest BCUT2D eigenvalue weighted by Gasteiger charge is 2.20. The number of hydrogen-bond donors (Lipinski definition) is 1. The minimum atomic E-state index is -1.10. The normalized spacial score (nSPS) is 10.6. The van der Waals surface area contributed by atoms with Gasteiger partial charge in [0, 0.05) is 0 Å². The fourth-order valence-electron chi connectivity index (χ4n) is 1.43. The monoisotopic (exact) mass is 221 g/mol. The average Bonchev–Trinajstić information content (AvgIpc) is 2.83. The predicted molar refractivity (Wildman–Crippen MR) is 55.2 cm³/mol.